The average Bonchev–Trinajstić information content (AvgIpc) is 2.36. The second-order valence-electron chi connectivity index (χ2n) is 4.74. The van der Waals surface area contributed by atoms with Gasteiger partial charge in [0.1, 0.15) is 0 Å². The van der Waals surface area contributed by atoms with Crippen molar-refractivity contribution in [2.45, 2.75) is 58.0 Å². The van der Waals surface area contributed by atoms with Crippen molar-refractivity contribution < 1.29 is 5.11 Å². The van der Waals surface area contributed by atoms with Crippen LogP contribution in [0.1, 0.15) is 63.5 Å². The van der Waals surface area contributed by atoms with Crippen LogP contribution in [0.15, 0.2) is 22.7 Å². The lowest BCUT2D eigenvalue weighted by atomic mass is 10.0. The number of unbranched alkanes of at least 4 members (excludes halogenated alkanes) is 5. The zero-order valence-electron chi connectivity index (χ0n) is 11.0. The van der Waals surface area contributed by atoms with Crippen molar-refractivity contribution in [2.75, 3.05) is 0 Å². The number of benzene rings is 1. The normalized spacial score (nSPS) is 12.7. The summed E-state index contributed by atoms with van der Waals surface area (Å²) < 4.78 is 0.962. The van der Waals surface area contributed by atoms with Crippen LogP contribution in [-0.4, -0.2) is 5.11 Å². The van der Waals surface area contributed by atoms with E-state index < -0.39 is 6.10 Å². The molecule has 0 saturated heterocycles. The number of rotatable bonds is 8. The third-order valence-corrected chi connectivity index (χ3v) is 3.99. The lowest BCUT2D eigenvalue weighted by molar-refractivity contribution is 0.163. The second kappa shape index (κ2) is 8.95. The molecule has 18 heavy (non-hydrogen) atoms. The van der Waals surface area contributed by atoms with Crippen LogP contribution in [0.4, 0.5) is 0 Å². The number of halogens is 2. The van der Waals surface area contributed by atoms with Gasteiger partial charge in [-0.25, -0.2) is 0 Å². The second-order valence-corrected chi connectivity index (χ2v) is 6.06. The number of aliphatic hydroxyl groups excluding tert-OH is 1. The Balaban J connectivity index is 2.31. The first-order valence-corrected chi connectivity index (χ1v) is 7.95. The zero-order valence-corrected chi connectivity index (χ0v) is 13.3. The van der Waals surface area contributed by atoms with Gasteiger partial charge in [0.05, 0.1) is 6.10 Å². The Hall–Kier alpha value is -0.0500. The number of aliphatic hydroxyl groups is 1. The highest BCUT2D eigenvalue weighted by molar-refractivity contribution is 9.10. The summed E-state index contributed by atoms with van der Waals surface area (Å²) in [4.78, 5) is 0. The molecule has 0 fully saturated rings. The fraction of sp³-hybridized carbons (Fsp3) is 0.600. The van der Waals surface area contributed by atoms with Crippen LogP contribution in [-0.2, 0) is 0 Å². The molecule has 0 aliphatic rings. The predicted molar refractivity (Wildman–Crippen MR) is 82.1 cm³/mol. The lowest BCUT2D eigenvalue weighted by Crippen LogP contribution is -1.98. The molecular formula is C15H22BrClO. The first-order valence-electron chi connectivity index (χ1n) is 6.78. The van der Waals surface area contributed by atoms with Gasteiger partial charge in [-0.05, 0) is 24.6 Å². The van der Waals surface area contributed by atoms with Gasteiger partial charge < -0.3 is 5.11 Å². The molecule has 1 unspecified atom stereocenters. The molecule has 0 aromatic heterocycles. The molecule has 1 atom stereocenters. The minimum Gasteiger partial charge on any atom is -0.388 e. The smallest absolute Gasteiger partial charge is 0.0804 e. The number of hydrogen-bond acceptors (Lipinski definition) is 1. The number of hydrogen-bond donors (Lipinski definition) is 1. The van der Waals surface area contributed by atoms with Crippen LogP contribution in [0.25, 0.3) is 0 Å². The largest absolute Gasteiger partial charge is 0.388 e. The molecule has 1 aromatic carbocycles. The van der Waals surface area contributed by atoms with Gasteiger partial charge in [0, 0.05) is 15.1 Å². The van der Waals surface area contributed by atoms with E-state index in [4.69, 9.17) is 11.6 Å². The third-order valence-electron chi connectivity index (χ3n) is 3.15. The van der Waals surface area contributed by atoms with E-state index in [9.17, 15) is 5.11 Å². The van der Waals surface area contributed by atoms with Crippen molar-refractivity contribution in [3.8, 4) is 0 Å². The van der Waals surface area contributed by atoms with Crippen molar-refractivity contribution in [3.63, 3.8) is 0 Å². The maximum absolute atomic E-state index is 10.1. The molecule has 0 aliphatic heterocycles. The summed E-state index contributed by atoms with van der Waals surface area (Å²) in [6, 6.07) is 5.62. The Labute approximate surface area is 124 Å². The van der Waals surface area contributed by atoms with E-state index in [-0.39, 0.29) is 0 Å². The SMILES string of the molecule is CCCCCCCCC(O)c1cc(Br)ccc1Cl. The van der Waals surface area contributed by atoms with Crippen LogP contribution in [0.3, 0.4) is 0 Å². The van der Waals surface area contributed by atoms with E-state index >= 15 is 0 Å². The molecule has 1 nitrogen and oxygen atoms in total. The van der Waals surface area contributed by atoms with Gasteiger partial charge >= 0.3 is 0 Å². The van der Waals surface area contributed by atoms with Crippen LogP contribution in [0, 0.1) is 0 Å². The van der Waals surface area contributed by atoms with Crippen molar-refractivity contribution in [1.29, 1.82) is 0 Å². The van der Waals surface area contributed by atoms with Crippen molar-refractivity contribution >= 4 is 27.5 Å². The molecule has 0 spiro atoms. The standard InChI is InChI=1S/C15H22BrClO/c1-2-3-4-5-6-7-8-15(18)13-11-12(16)9-10-14(13)17/h9-11,15,18H,2-8H2,1H3. The fourth-order valence-electron chi connectivity index (χ4n) is 2.04. The summed E-state index contributed by atoms with van der Waals surface area (Å²) in [7, 11) is 0. The van der Waals surface area contributed by atoms with Gasteiger partial charge in [-0.1, -0.05) is 73.0 Å². The molecule has 0 bridgehead atoms. The monoisotopic (exact) mass is 332 g/mol. The molecule has 3 heteroatoms. The van der Waals surface area contributed by atoms with E-state index in [1.165, 1.54) is 32.1 Å². The Bertz CT molecular complexity index is 354. The van der Waals surface area contributed by atoms with E-state index in [2.05, 4.69) is 22.9 Å². The summed E-state index contributed by atoms with van der Waals surface area (Å²) in [5.74, 6) is 0. The first kappa shape index (κ1) is 16.0. The van der Waals surface area contributed by atoms with E-state index in [0.717, 1.165) is 22.9 Å². The minimum absolute atomic E-state index is 0.443. The average molecular weight is 334 g/mol. The van der Waals surface area contributed by atoms with E-state index in [1.807, 2.05) is 18.2 Å². The fourth-order valence-corrected chi connectivity index (χ4v) is 2.67. The predicted octanol–water partition coefficient (Wildman–Crippen LogP) is 5.89. The summed E-state index contributed by atoms with van der Waals surface area (Å²) in [6.45, 7) is 2.22. The molecule has 0 heterocycles. The van der Waals surface area contributed by atoms with Crippen molar-refractivity contribution in [3.05, 3.63) is 33.3 Å². The Morgan fingerprint density at radius 2 is 1.83 bits per heavy atom. The molecule has 0 saturated carbocycles. The molecule has 1 aromatic rings. The molecule has 1 rings (SSSR count). The van der Waals surface area contributed by atoms with E-state index in [0.29, 0.717) is 5.02 Å². The van der Waals surface area contributed by atoms with Gasteiger partial charge in [-0.15, -0.1) is 0 Å². The highest BCUT2D eigenvalue weighted by Crippen LogP contribution is 2.29. The van der Waals surface area contributed by atoms with Gasteiger partial charge in [0.2, 0.25) is 0 Å². The molecule has 0 amide bonds. The third kappa shape index (κ3) is 5.73. The van der Waals surface area contributed by atoms with Crippen LogP contribution >= 0.6 is 27.5 Å². The Morgan fingerprint density at radius 1 is 1.17 bits per heavy atom. The highest BCUT2D eigenvalue weighted by atomic mass is 79.9. The summed E-state index contributed by atoms with van der Waals surface area (Å²) >= 11 is 9.50. The molecule has 1 N–H and O–H groups in total. The molecular weight excluding hydrogens is 312 g/mol. The Morgan fingerprint density at radius 3 is 2.56 bits per heavy atom. The van der Waals surface area contributed by atoms with Crippen LogP contribution in [0.5, 0.6) is 0 Å². The molecule has 0 radical (unpaired) electrons. The topological polar surface area (TPSA) is 20.2 Å². The maximum atomic E-state index is 10.1. The van der Waals surface area contributed by atoms with E-state index in [1.54, 1.807) is 0 Å². The summed E-state index contributed by atoms with van der Waals surface area (Å²) in [5, 5.41) is 10.8. The first-order chi connectivity index (χ1) is 8.65. The lowest BCUT2D eigenvalue weighted by Gasteiger charge is -2.13. The van der Waals surface area contributed by atoms with Gasteiger partial charge in [0.15, 0.2) is 0 Å². The zero-order chi connectivity index (χ0) is 13.4. The summed E-state index contributed by atoms with van der Waals surface area (Å²) in [5.41, 5.74) is 0.833. The van der Waals surface area contributed by atoms with Crippen molar-refractivity contribution in [2.24, 2.45) is 0 Å². The highest BCUT2D eigenvalue weighted by Gasteiger charge is 2.11. The summed E-state index contributed by atoms with van der Waals surface area (Å²) in [6.07, 6.45) is 7.78. The minimum atomic E-state index is -0.443. The van der Waals surface area contributed by atoms with Crippen LogP contribution < -0.4 is 0 Å². The molecule has 102 valence electrons. The van der Waals surface area contributed by atoms with Gasteiger partial charge in [-0.3, -0.25) is 0 Å². The Kier molecular flexibility index (Phi) is 7.96. The maximum Gasteiger partial charge on any atom is 0.0804 e. The van der Waals surface area contributed by atoms with Crippen molar-refractivity contribution in [1.82, 2.24) is 0 Å². The van der Waals surface area contributed by atoms with Gasteiger partial charge in [0.25, 0.3) is 0 Å². The quantitative estimate of drug-likeness (QED) is 0.588. The molecule has 0 aliphatic carbocycles. The van der Waals surface area contributed by atoms with Gasteiger partial charge in [-0.2, -0.15) is 0 Å². The van der Waals surface area contributed by atoms with Crippen LogP contribution in [0.2, 0.25) is 5.02 Å².